The SMILES string of the molecule is C=C[C@H]1CN2C(S(=O)C(CC)[Si](OC)(OC)OC)CC1C[C@H]2[C@H](OC(=O)NC12CC3CC(CC(C3)C1)C2)C1=CCNc2ccc(OC)cc21. The highest BCUT2D eigenvalue weighted by atomic mass is 32.2. The van der Waals surface area contributed by atoms with Crippen LogP contribution in [0.1, 0.15) is 70.3 Å². The van der Waals surface area contributed by atoms with Crippen LogP contribution in [0, 0.1) is 29.6 Å². The minimum atomic E-state index is -3.23. The van der Waals surface area contributed by atoms with E-state index in [-0.39, 0.29) is 34.9 Å². The summed E-state index contributed by atoms with van der Waals surface area (Å²) in [5.41, 5.74) is 2.74. The highest BCUT2D eigenvalue weighted by Crippen LogP contribution is 2.56. The number of hydrogen-bond donors (Lipinski definition) is 2. The Morgan fingerprint density at radius 3 is 2.33 bits per heavy atom. The molecule has 0 spiro atoms. The Morgan fingerprint density at radius 1 is 1.08 bits per heavy atom. The van der Waals surface area contributed by atoms with Gasteiger partial charge in [0.1, 0.15) is 16.7 Å². The first kappa shape index (κ1) is 35.2. The first-order chi connectivity index (χ1) is 23.7. The molecule has 4 heterocycles. The highest BCUT2D eigenvalue weighted by molar-refractivity contribution is 7.88. The number of benzene rings is 1. The Morgan fingerprint density at radius 2 is 1.76 bits per heavy atom. The Bertz CT molecular complexity index is 1430. The number of rotatable bonds is 13. The average molecular weight is 714 g/mol. The number of piperidine rings is 3. The number of carbonyl (C=O) groups is 1. The lowest BCUT2D eigenvalue weighted by Gasteiger charge is -2.57. The molecular weight excluding hydrogens is 659 g/mol. The van der Waals surface area contributed by atoms with Crippen molar-refractivity contribution in [3.63, 3.8) is 0 Å². The summed E-state index contributed by atoms with van der Waals surface area (Å²) in [5, 5.41) is 6.70. The van der Waals surface area contributed by atoms with Crippen LogP contribution < -0.4 is 15.4 Å². The fourth-order valence-corrected chi connectivity index (χ4v) is 16.9. The number of alkyl carbamates (subject to hydrolysis) is 1. The molecule has 8 aliphatic rings. The normalized spacial score (nSPS) is 36.1. The van der Waals surface area contributed by atoms with Crippen LogP contribution in [-0.4, -0.2) is 93.5 Å². The van der Waals surface area contributed by atoms with Crippen molar-refractivity contribution in [1.82, 2.24) is 10.2 Å². The quantitative estimate of drug-likeness (QED) is 0.196. The topological polar surface area (TPSA) is 108 Å². The van der Waals surface area contributed by atoms with Crippen molar-refractivity contribution >= 4 is 37.0 Å². The van der Waals surface area contributed by atoms with E-state index in [4.69, 9.17) is 22.8 Å². The predicted molar refractivity (Wildman–Crippen MR) is 193 cm³/mol. The molecule has 3 saturated heterocycles. The molecule has 1 amide bonds. The van der Waals surface area contributed by atoms with Gasteiger partial charge in [-0.2, -0.15) is 0 Å². The van der Waals surface area contributed by atoms with Gasteiger partial charge < -0.3 is 33.4 Å². The zero-order chi connectivity index (χ0) is 34.5. The Balaban J connectivity index is 1.24. The second-order valence-corrected chi connectivity index (χ2v) is 20.7. The Kier molecular flexibility index (Phi) is 10.1. The van der Waals surface area contributed by atoms with Crippen molar-refractivity contribution in [2.75, 3.05) is 46.8 Å². The van der Waals surface area contributed by atoms with Crippen molar-refractivity contribution in [3.05, 3.63) is 42.5 Å². The summed E-state index contributed by atoms with van der Waals surface area (Å²) in [7, 11) is 1.83. The van der Waals surface area contributed by atoms with Gasteiger partial charge >= 0.3 is 14.9 Å². The molecule has 0 aromatic heterocycles. The number of ether oxygens (including phenoxy) is 2. The molecule has 1 aromatic rings. The van der Waals surface area contributed by atoms with Crippen LogP contribution in [0.3, 0.4) is 0 Å². The molecule has 6 bridgehead atoms. The molecule has 49 heavy (non-hydrogen) atoms. The van der Waals surface area contributed by atoms with Gasteiger partial charge in [-0.25, -0.2) is 4.79 Å². The molecule has 1 aromatic carbocycles. The van der Waals surface area contributed by atoms with Gasteiger partial charge in [0.2, 0.25) is 0 Å². The van der Waals surface area contributed by atoms with Crippen molar-refractivity contribution in [2.24, 2.45) is 29.6 Å². The molecule has 7 fully saturated rings. The third-order valence-corrected chi connectivity index (χ3v) is 19.2. The van der Waals surface area contributed by atoms with Gasteiger partial charge in [-0.3, -0.25) is 9.11 Å². The van der Waals surface area contributed by atoms with E-state index in [0.29, 0.717) is 37.3 Å². The van der Waals surface area contributed by atoms with Gasteiger partial charge in [0, 0.05) is 67.6 Å². The molecule has 4 aliphatic heterocycles. The maximum atomic E-state index is 14.8. The summed E-state index contributed by atoms with van der Waals surface area (Å²) >= 11 is 0. The zero-order valence-electron chi connectivity index (χ0n) is 29.8. The third kappa shape index (κ3) is 6.32. The third-order valence-electron chi connectivity index (χ3n) is 12.8. The number of nitrogens with zero attached hydrogens (tertiary/aromatic N) is 1. The van der Waals surface area contributed by atoms with Crippen molar-refractivity contribution in [2.45, 2.75) is 92.6 Å². The molecule has 2 N–H and O–H groups in total. The van der Waals surface area contributed by atoms with Gasteiger partial charge in [-0.15, -0.1) is 6.58 Å². The molecule has 8 atom stereocenters. The number of fused-ring (bicyclic) bond motifs is 4. The molecule has 12 heteroatoms. The molecule has 10 nitrogen and oxygen atoms in total. The number of nitrogens with one attached hydrogen (secondary N) is 2. The lowest BCUT2D eigenvalue weighted by molar-refractivity contribution is -0.0500. The minimum Gasteiger partial charge on any atom is -0.497 e. The Hall–Kier alpha value is -2.22. The number of methoxy groups -OCH3 is 1. The zero-order valence-corrected chi connectivity index (χ0v) is 31.6. The van der Waals surface area contributed by atoms with Gasteiger partial charge in [0.05, 0.1) is 18.5 Å². The number of amides is 1. The highest BCUT2D eigenvalue weighted by Gasteiger charge is 2.57. The summed E-state index contributed by atoms with van der Waals surface area (Å²) in [6.45, 7) is 7.51. The van der Waals surface area contributed by atoms with Crippen molar-refractivity contribution in [3.8, 4) is 5.75 Å². The number of anilines is 1. The molecule has 9 rings (SSSR count). The van der Waals surface area contributed by atoms with E-state index >= 15 is 0 Å². The molecule has 0 radical (unpaired) electrons. The largest absolute Gasteiger partial charge is 0.516 e. The first-order valence-corrected chi connectivity index (χ1v) is 21.3. The fraction of sp³-hybridized carbons (Fsp3) is 0.703. The molecule has 4 saturated carbocycles. The van der Waals surface area contributed by atoms with E-state index in [1.54, 1.807) is 28.4 Å². The minimum absolute atomic E-state index is 0.174. The van der Waals surface area contributed by atoms with Crippen LogP contribution in [-0.2, 0) is 28.8 Å². The summed E-state index contributed by atoms with van der Waals surface area (Å²) in [5.74, 6) is 3.35. The molecule has 5 unspecified atom stereocenters. The van der Waals surface area contributed by atoms with Crippen LogP contribution in [0.4, 0.5) is 10.5 Å². The lowest BCUT2D eigenvalue weighted by Crippen LogP contribution is -2.66. The summed E-state index contributed by atoms with van der Waals surface area (Å²) < 4.78 is 44.8. The van der Waals surface area contributed by atoms with E-state index in [0.717, 1.165) is 54.7 Å². The van der Waals surface area contributed by atoms with E-state index in [1.807, 2.05) is 31.2 Å². The standard InChI is InChI=1S/C37H55N3O7SSi/c1-7-26-22-40-32(16-27(26)17-33(40)48(42)34(8-2)49(44-4,45-5)46-6)35(29-11-12-38-31-10-9-28(43-3)18-30(29)31)47-36(41)39-37-19-23-13-24(20-37)15-25(14-23)21-37/h7,9-11,18,23-27,32-35,38H,1,8,12-17,19-22H2,2-6H3,(H,39,41)/t23?,24?,25?,26-,27?,32-,33?,34?,35+,37?,48?/m0/s1. The second kappa shape index (κ2) is 14.1. The van der Waals surface area contributed by atoms with E-state index in [1.165, 1.54) is 19.3 Å². The molecule has 4 aliphatic carbocycles. The summed E-state index contributed by atoms with van der Waals surface area (Å²) in [6, 6.07) is 5.83. The summed E-state index contributed by atoms with van der Waals surface area (Å²) in [6.07, 6.45) is 12.5. The fourth-order valence-electron chi connectivity index (χ4n) is 11.0. The lowest BCUT2D eigenvalue weighted by atomic mass is 9.53. The number of carbonyl (C=O) groups excluding carboxylic acids is 1. The van der Waals surface area contributed by atoms with Crippen LogP contribution >= 0.6 is 0 Å². The van der Waals surface area contributed by atoms with Gasteiger partial charge in [0.25, 0.3) is 0 Å². The van der Waals surface area contributed by atoms with Crippen LogP contribution in [0.5, 0.6) is 5.75 Å². The van der Waals surface area contributed by atoms with Crippen LogP contribution in [0.2, 0.25) is 0 Å². The van der Waals surface area contributed by atoms with E-state index < -0.39 is 30.6 Å². The van der Waals surface area contributed by atoms with Crippen molar-refractivity contribution in [1.29, 1.82) is 0 Å². The maximum Gasteiger partial charge on any atom is 0.516 e. The van der Waals surface area contributed by atoms with Gasteiger partial charge in [-0.05, 0) is 106 Å². The van der Waals surface area contributed by atoms with Crippen molar-refractivity contribution < 1.29 is 31.8 Å². The smallest absolute Gasteiger partial charge is 0.497 e. The van der Waals surface area contributed by atoms with E-state index in [9.17, 15) is 9.00 Å². The first-order valence-electron chi connectivity index (χ1n) is 18.2. The predicted octanol–water partition coefficient (Wildman–Crippen LogP) is 5.73. The van der Waals surface area contributed by atoms with E-state index in [2.05, 4.69) is 28.2 Å². The Labute approximate surface area is 295 Å². The maximum absolute atomic E-state index is 14.8. The van der Waals surface area contributed by atoms with Gasteiger partial charge in [-0.1, -0.05) is 19.1 Å². The molecule has 270 valence electrons. The average Bonchev–Trinajstić information content (AvgIpc) is 3.11. The summed E-state index contributed by atoms with van der Waals surface area (Å²) in [4.78, 5) is 16.2. The van der Waals surface area contributed by atoms with Gasteiger partial charge in [0.15, 0.2) is 0 Å². The van der Waals surface area contributed by atoms with Crippen LogP contribution in [0.15, 0.2) is 36.9 Å². The molecular formula is C37H55N3O7SSi. The van der Waals surface area contributed by atoms with Crippen LogP contribution in [0.25, 0.3) is 5.57 Å². The monoisotopic (exact) mass is 713 g/mol. The number of hydrogen-bond acceptors (Lipinski definition) is 9. The second-order valence-electron chi connectivity index (χ2n) is 15.4.